The minimum atomic E-state index is -0.915. The second-order valence-corrected chi connectivity index (χ2v) is 8.81. The number of rotatable bonds is 6. The van der Waals surface area contributed by atoms with Crippen molar-refractivity contribution < 1.29 is 19.2 Å². The Morgan fingerprint density at radius 1 is 1.09 bits per heavy atom. The number of nitrogens with one attached hydrogen (secondary N) is 3. The topological polar surface area (TPSA) is 108 Å². The van der Waals surface area contributed by atoms with Gasteiger partial charge in [0.1, 0.15) is 11.6 Å². The van der Waals surface area contributed by atoms with Crippen LogP contribution in [0.5, 0.6) is 0 Å². The van der Waals surface area contributed by atoms with Gasteiger partial charge in [-0.3, -0.25) is 14.4 Å². The van der Waals surface area contributed by atoms with Crippen LogP contribution in [0.15, 0.2) is 48.5 Å². The number of carbonyl (C=O) groups excluding carboxylic acids is 4. The zero-order valence-corrected chi connectivity index (χ0v) is 18.8. The SMILES string of the molecule is Cc1ccc(C(=O)Nc2cccc(CNC(=O)C(C)N3C(=O)NC4(CCCC4)C3=O)c2)cc1. The lowest BCUT2D eigenvalue weighted by molar-refractivity contribution is -0.137. The fourth-order valence-corrected chi connectivity index (χ4v) is 4.43. The molecule has 1 saturated carbocycles. The van der Waals surface area contributed by atoms with E-state index in [1.165, 1.54) is 0 Å². The molecular weight excluding hydrogens is 420 g/mol. The normalized spacial score (nSPS) is 17.7. The van der Waals surface area contributed by atoms with Crippen LogP contribution in [-0.2, 0) is 16.1 Å². The molecular formula is C25H28N4O4. The van der Waals surface area contributed by atoms with Gasteiger partial charge in [0.15, 0.2) is 0 Å². The summed E-state index contributed by atoms with van der Waals surface area (Å²) in [6, 6.07) is 13.0. The summed E-state index contributed by atoms with van der Waals surface area (Å²) in [6.45, 7) is 3.71. The van der Waals surface area contributed by atoms with Gasteiger partial charge in [-0.05, 0) is 56.5 Å². The minimum absolute atomic E-state index is 0.201. The zero-order chi connectivity index (χ0) is 23.6. The van der Waals surface area contributed by atoms with Crippen LogP contribution in [0.25, 0.3) is 0 Å². The highest BCUT2D eigenvalue weighted by Gasteiger charge is 2.54. The van der Waals surface area contributed by atoms with Crippen molar-refractivity contribution in [1.82, 2.24) is 15.5 Å². The molecule has 0 radical (unpaired) electrons. The van der Waals surface area contributed by atoms with Gasteiger partial charge in [-0.15, -0.1) is 0 Å². The van der Waals surface area contributed by atoms with E-state index in [0.29, 0.717) is 24.1 Å². The van der Waals surface area contributed by atoms with Gasteiger partial charge in [-0.2, -0.15) is 0 Å². The monoisotopic (exact) mass is 448 g/mol. The standard InChI is InChI=1S/C25H28N4O4/c1-16-8-10-19(11-9-16)22(31)27-20-7-5-6-18(14-20)15-26-21(30)17(2)29-23(32)25(28-24(29)33)12-3-4-13-25/h5-11,14,17H,3-4,12-13,15H2,1-2H3,(H,26,30)(H,27,31)(H,28,33). The molecule has 1 saturated heterocycles. The Bertz CT molecular complexity index is 1090. The van der Waals surface area contributed by atoms with E-state index < -0.39 is 23.5 Å². The molecule has 5 amide bonds. The highest BCUT2D eigenvalue weighted by Crippen LogP contribution is 2.35. The maximum Gasteiger partial charge on any atom is 0.325 e. The molecule has 1 unspecified atom stereocenters. The van der Waals surface area contributed by atoms with Crippen molar-refractivity contribution in [3.8, 4) is 0 Å². The fraction of sp³-hybridized carbons (Fsp3) is 0.360. The van der Waals surface area contributed by atoms with Crippen molar-refractivity contribution >= 4 is 29.4 Å². The summed E-state index contributed by atoms with van der Waals surface area (Å²) in [7, 11) is 0. The number of nitrogens with zero attached hydrogens (tertiary/aromatic N) is 1. The van der Waals surface area contributed by atoms with E-state index in [9.17, 15) is 19.2 Å². The van der Waals surface area contributed by atoms with Crippen molar-refractivity contribution in [2.45, 2.75) is 57.7 Å². The Balaban J connectivity index is 1.35. The molecule has 0 aromatic heterocycles. The van der Waals surface area contributed by atoms with E-state index in [0.717, 1.165) is 28.9 Å². The Labute approximate surface area is 192 Å². The number of hydrogen-bond donors (Lipinski definition) is 3. The lowest BCUT2D eigenvalue weighted by Crippen LogP contribution is -2.49. The van der Waals surface area contributed by atoms with Crippen molar-refractivity contribution in [3.05, 3.63) is 65.2 Å². The molecule has 1 aliphatic heterocycles. The van der Waals surface area contributed by atoms with Crippen LogP contribution in [0, 0.1) is 6.92 Å². The third-order valence-corrected chi connectivity index (χ3v) is 6.38. The molecule has 2 aromatic carbocycles. The third-order valence-electron chi connectivity index (χ3n) is 6.38. The largest absolute Gasteiger partial charge is 0.350 e. The molecule has 2 aliphatic rings. The predicted molar refractivity (Wildman–Crippen MR) is 123 cm³/mol. The summed E-state index contributed by atoms with van der Waals surface area (Å²) in [5, 5.41) is 8.44. The molecule has 8 nitrogen and oxygen atoms in total. The van der Waals surface area contributed by atoms with Crippen molar-refractivity contribution in [3.63, 3.8) is 0 Å². The second kappa shape index (κ2) is 9.05. The number of benzene rings is 2. The molecule has 8 heteroatoms. The molecule has 4 rings (SSSR count). The number of carbonyl (C=O) groups is 4. The average Bonchev–Trinajstić information content (AvgIpc) is 3.36. The minimum Gasteiger partial charge on any atom is -0.350 e. The molecule has 3 N–H and O–H groups in total. The van der Waals surface area contributed by atoms with Gasteiger partial charge in [0, 0.05) is 17.8 Å². The summed E-state index contributed by atoms with van der Waals surface area (Å²) < 4.78 is 0. The van der Waals surface area contributed by atoms with Gasteiger partial charge in [-0.1, -0.05) is 42.7 Å². The van der Waals surface area contributed by atoms with Crippen LogP contribution in [-0.4, -0.2) is 40.2 Å². The first-order chi connectivity index (χ1) is 15.8. The molecule has 1 spiro atoms. The van der Waals surface area contributed by atoms with Crippen LogP contribution in [0.2, 0.25) is 0 Å². The van der Waals surface area contributed by atoms with Crippen LogP contribution in [0.1, 0.15) is 54.1 Å². The third kappa shape index (κ3) is 4.60. The van der Waals surface area contributed by atoms with E-state index in [1.54, 1.807) is 37.3 Å². The predicted octanol–water partition coefficient (Wildman–Crippen LogP) is 3.12. The summed E-state index contributed by atoms with van der Waals surface area (Å²) in [5.41, 5.74) is 2.18. The molecule has 1 aliphatic carbocycles. The molecule has 1 heterocycles. The van der Waals surface area contributed by atoms with E-state index >= 15 is 0 Å². The Hall–Kier alpha value is -3.68. The summed E-state index contributed by atoms with van der Waals surface area (Å²) >= 11 is 0. The van der Waals surface area contributed by atoms with E-state index in [-0.39, 0.29) is 18.4 Å². The number of aryl methyl sites for hydroxylation is 1. The summed E-state index contributed by atoms with van der Waals surface area (Å²) in [6.07, 6.45) is 3.00. The second-order valence-electron chi connectivity index (χ2n) is 8.81. The quantitative estimate of drug-likeness (QED) is 0.590. The maximum atomic E-state index is 12.9. The van der Waals surface area contributed by atoms with E-state index in [4.69, 9.17) is 0 Å². The van der Waals surface area contributed by atoms with Gasteiger partial charge in [0.05, 0.1) is 0 Å². The Kier molecular flexibility index (Phi) is 6.18. The highest BCUT2D eigenvalue weighted by molar-refractivity contribution is 6.10. The first-order valence-electron chi connectivity index (χ1n) is 11.2. The van der Waals surface area contributed by atoms with Gasteiger partial charge in [0.25, 0.3) is 11.8 Å². The lowest BCUT2D eigenvalue weighted by Gasteiger charge is -2.23. The Morgan fingerprint density at radius 2 is 1.79 bits per heavy atom. The molecule has 33 heavy (non-hydrogen) atoms. The van der Waals surface area contributed by atoms with Crippen LogP contribution in [0.4, 0.5) is 10.5 Å². The lowest BCUT2D eigenvalue weighted by atomic mass is 9.97. The molecule has 1 atom stereocenters. The highest BCUT2D eigenvalue weighted by atomic mass is 16.2. The zero-order valence-electron chi connectivity index (χ0n) is 18.8. The molecule has 2 aromatic rings. The van der Waals surface area contributed by atoms with Crippen LogP contribution >= 0.6 is 0 Å². The van der Waals surface area contributed by atoms with Crippen molar-refractivity contribution in [1.29, 1.82) is 0 Å². The van der Waals surface area contributed by atoms with Crippen LogP contribution in [0.3, 0.4) is 0 Å². The smallest absolute Gasteiger partial charge is 0.325 e. The Morgan fingerprint density at radius 3 is 2.48 bits per heavy atom. The maximum absolute atomic E-state index is 12.9. The van der Waals surface area contributed by atoms with Crippen molar-refractivity contribution in [2.24, 2.45) is 0 Å². The summed E-state index contributed by atoms with van der Waals surface area (Å²) in [5.74, 6) is -0.944. The van der Waals surface area contributed by atoms with Gasteiger partial charge >= 0.3 is 6.03 Å². The molecule has 172 valence electrons. The number of hydrogen-bond acceptors (Lipinski definition) is 4. The average molecular weight is 449 g/mol. The first-order valence-corrected chi connectivity index (χ1v) is 11.2. The number of urea groups is 1. The molecule has 2 fully saturated rings. The number of anilines is 1. The number of imide groups is 1. The van der Waals surface area contributed by atoms with Crippen molar-refractivity contribution in [2.75, 3.05) is 5.32 Å². The number of amides is 5. The molecule has 0 bridgehead atoms. The van der Waals surface area contributed by atoms with E-state index in [1.807, 2.05) is 25.1 Å². The van der Waals surface area contributed by atoms with Gasteiger partial charge in [0.2, 0.25) is 5.91 Å². The van der Waals surface area contributed by atoms with Gasteiger partial charge in [-0.25, -0.2) is 9.69 Å². The van der Waals surface area contributed by atoms with Crippen LogP contribution < -0.4 is 16.0 Å². The first kappa shape index (κ1) is 22.5. The fourth-order valence-electron chi connectivity index (χ4n) is 4.43. The van der Waals surface area contributed by atoms with Gasteiger partial charge < -0.3 is 16.0 Å². The summed E-state index contributed by atoms with van der Waals surface area (Å²) in [4.78, 5) is 51.5. The van der Waals surface area contributed by atoms with E-state index in [2.05, 4.69) is 16.0 Å².